The minimum absolute atomic E-state index is 0.0754. The van der Waals surface area contributed by atoms with Gasteiger partial charge in [0.05, 0.1) is 18.2 Å². The first-order chi connectivity index (χ1) is 10.3. The lowest BCUT2D eigenvalue weighted by Gasteiger charge is -2.22. The molecule has 0 saturated heterocycles. The Kier molecular flexibility index (Phi) is 4.76. The summed E-state index contributed by atoms with van der Waals surface area (Å²) in [6.07, 6.45) is 1.52. The van der Waals surface area contributed by atoms with Crippen LogP contribution in [-0.4, -0.2) is 28.0 Å². The molecule has 0 aliphatic heterocycles. The number of fused-ring (bicyclic) bond motifs is 1. The molecule has 1 unspecified atom stereocenters. The second-order valence-corrected chi connectivity index (χ2v) is 6.39. The molecule has 0 fully saturated rings. The number of aliphatic hydroxyl groups excluding tert-OH is 1. The molecule has 22 heavy (non-hydrogen) atoms. The van der Waals surface area contributed by atoms with Crippen LogP contribution in [0.25, 0.3) is 10.9 Å². The molecule has 1 atom stereocenters. The topological polar surface area (TPSA) is 63.5 Å². The average molecular weight is 304 g/mol. The Balaban J connectivity index is 2.26. The second-order valence-electron chi connectivity index (χ2n) is 6.39. The Labute approximate surface area is 130 Å². The van der Waals surface area contributed by atoms with Crippen molar-refractivity contribution in [3.05, 3.63) is 36.0 Å². The fourth-order valence-corrected chi connectivity index (χ4v) is 2.50. The molecule has 0 radical (unpaired) electrons. The highest BCUT2D eigenvalue weighted by molar-refractivity contribution is 5.84. The van der Waals surface area contributed by atoms with E-state index >= 15 is 0 Å². The maximum absolute atomic E-state index is 11.9. The van der Waals surface area contributed by atoms with Crippen molar-refractivity contribution in [2.45, 2.75) is 45.9 Å². The summed E-state index contributed by atoms with van der Waals surface area (Å²) in [5.74, 6) is 0. The van der Waals surface area contributed by atoms with Gasteiger partial charge in [0.1, 0.15) is 5.60 Å². The molecule has 1 heterocycles. The van der Waals surface area contributed by atoms with Crippen LogP contribution in [0.3, 0.4) is 0 Å². The summed E-state index contributed by atoms with van der Waals surface area (Å²) >= 11 is 0. The molecule has 5 nitrogen and oxygen atoms in total. The molecule has 5 heteroatoms. The van der Waals surface area contributed by atoms with Crippen molar-refractivity contribution < 1.29 is 14.6 Å². The number of ether oxygens (including phenoxy) is 1. The van der Waals surface area contributed by atoms with Crippen molar-refractivity contribution in [1.82, 2.24) is 9.88 Å². The quantitative estimate of drug-likeness (QED) is 0.911. The molecule has 0 bridgehead atoms. The summed E-state index contributed by atoms with van der Waals surface area (Å²) in [5.41, 5.74) is 1.51. The fraction of sp³-hybridized carbons (Fsp3) is 0.471. The number of aliphatic hydroxyl groups is 1. The number of rotatable bonds is 4. The highest BCUT2D eigenvalue weighted by atomic mass is 16.6. The maximum Gasteiger partial charge on any atom is 0.408 e. The van der Waals surface area contributed by atoms with E-state index in [4.69, 9.17) is 4.74 Å². The lowest BCUT2D eigenvalue weighted by Crippen LogP contribution is -2.34. The first-order valence-electron chi connectivity index (χ1n) is 7.50. The van der Waals surface area contributed by atoms with Gasteiger partial charge in [-0.1, -0.05) is 18.2 Å². The molecule has 0 spiro atoms. The number of para-hydroxylation sites is 1. The van der Waals surface area contributed by atoms with Gasteiger partial charge in [-0.25, -0.2) is 4.79 Å². The van der Waals surface area contributed by atoms with Crippen LogP contribution in [-0.2, 0) is 11.3 Å². The van der Waals surface area contributed by atoms with Gasteiger partial charge in [-0.05, 0) is 44.7 Å². The zero-order chi connectivity index (χ0) is 16.3. The Bertz CT molecular complexity index is 655. The van der Waals surface area contributed by atoms with Gasteiger partial charge in [-0.2, -0.15) is 0 Å². The zero-order valence-corrected chi connectivity index (χ0v) is 13.6. The molecule has 0 saturated carbocycles. The number of aromatic nitrogens is 1. The largest absolute Gasteiger partial charge is 0.444 e. The average Bonchev–Trinajstić information content (AvgIpc) is 2.80. The predicted octanol–water partition coefficient (Wildman–Crippen LogP) is 3.22. The third-order valence-electron chi connectivity index (χ3n) is 3.36. The van der Waals surface area contributed by atoms with Crippen LogP contribution in [0.15, 0.2) is 30.5 Å². The molecule has 120 valence electrons. The Morgan fingerprint density at radius 1 is 1.36 bits per heavy atom. The van der Waals surface area contributed by atoms with Crippen molar-refractivity contribution in [1.29, 1.82) is 0 Å². The molecule has 1 amide bonds. The van der Waals surface area contributed by atoms with E-state index in [0.29, 0.717) is 6.54 Å². The predicted molar refractivity (Wildman–Crippen MR) is 86.8 cm³/mol. The molecule has 2 N–H and O–H groups in total. The lowest BCUT2D eigenvalue weighted by molar-refractivity contribution is 0.0508. The van der Waals surface area contributed by atoms with Crippen LogP contribution < -0.4 is 5.32 Å². The third kappa shape index (κ3) is 3.80. The molecule has 1 aromatic carbocycles. The number of benzene rings is 1. The minimum Gasteiger partial charge on any atom is -0.444 e. The van der Waals surface area contributed by atoms with Crippen molar-refractivity contribution in [2.75, 3.05) is 6.61 Å². The first kappa shape index (κ1) is 16.4. The second kappa shape index (κ2) is 6.40. The van der Waals surface area contributed by atoms with E-state index in [1.165, 1.54) is 0 Å². The number of nitrogens with zero attached hydrogens (tertiary/aromatic N) is 1. The van der Waals surface area contributed by atoms with Gasteiger partial charge in [0.2, 0.25) is 0 Å². The van der Waals surface area contributed by atoms with Crippen LogP contribution in [0.5, 0.6) is 0 Å². The summed E-state index contributed by atoms with van der Waals surface area (Å²) < 4.78 is 7.30. The van der Waals surface area contributed by atoms with E-state index in [2.05, 4.69) is 5.32 Å². The number of hydrogen-bond donors (Lipinski definition) is 2. The number of alkyl carbamates (subject to hydrolysis) is 1. The number of hydrogen-bond acceptors (Lipinski definition) is 3. The van der Waals surface area contributed by atoms with Crippen molar-refractivity contribution in [3.63, 3.8) is 0 Å². The number of carbonyl (C=O) groups excluding carboxylic acids is 1. The molecular weight excluding hydrogens is 280 g/mol. The van der Waals surface area contributed by atoms with Gasteiger partial charge in [0.25, 0.3) is 0 Å². The monoisotopic (exact) mass is 304 g/mol. The van der Waals surface area contributed by atoms with Gasteiger partial charge in [-0.3, -0.25) is 0 Å². The van der Waals surface area contributed by atoms with E-state index < -0.39 is 11.7 Å². The summed E-state index contributed by atoms with van der Waals surface area (Å²) in [4.78, 5) is 11.9. The van der Waals surface area contributed by atoms with Crippen molar-refractivity contribution in [2.24, 2.45) is 0 Å². The Morgan fingerprint density at radius 2 is 2.09 bits per heavy atom. The van der Waals surface area contributed by atoms with Crippen LogP contribution in [0.2, 0.25) is 0 Å². The van der Waals surface area contributed by atoms with Crippen molar-refractivity contribution >= 4 is 17.0 Å². The molecule has 1 aromatic heterocycles. The SMILES string of the molecule is CC(NC(=O)OC(C)(C)C)c1cccc2ccn(CCO)c12. The van der Waals surface area contributed by atoms with Crippen LogP contribution >= 0.6 is 0 Å². The van der Waals surface area contributed by atoms with Gasteiger partial charge in [0, 0.05) is 12.7 Å². The fourth-order valence-electron chi connectivity index (χ4n) is 2.50. The molecule has 0 aliphatic rings. The van der Waals surface area contributed by atoms with E-state index in [-0.39, 0.29) is 12.6 Å². The highest BCUT2D eigenvalue weighted by Crippen LogP contribution is 2.25. The number of amides is 1. The number of carbonyl (C=O) groups is 1. The molecule has 2 aromatic rings. The third-order valence-corrected chi connectivity index (χ3v) is 3.36. The van der Waals surface area contributed by atoms with Crippen molar-refractivity contribution in [3.8, 4) is 0 Å². The number of nitrogens with one attached hydrogen (secondary N) is 1. The van der Waals surface area contributed by atoms with Gasteiger partial charge in [-0.15, -0.1) is 0 Å². The van der Waals surface area contributed by atoms with Gasteiger partial charge < -0.3 is 19.7 Å². The first-order valence-corrected chi connectivity index (χ1v) is 7.50. The molecule has 2 rings (SSSR count). The standard InChI is InChI=1S/C17H24N2O3/c1-12(18-16(21)22-17(2,3)4)14-7-5-6-13-8-9-19(10-11-20)15(13)14/h5-9,12,20H,10-11H2,1-4H3,(H,18,21). The normalized spacial score (nSPS) is 13.1. The Morgan fingerprint density at radius 3 is 2.73 bits per heavy atom. The minimum atomic E-state index is -0.521. The van der Waals surface area contributed by atoms with E-state index in [1.54, 1.807) is 0 Å². The Hall–Kier alpha value is -2.01. The summed E-state index contributed by atoms with van der Waals surface area (Å²) in [7, 11) is 0. The molecular formula is C17H24N2O3. The lowest BCUT2D eigenvalue weighted by atomic mass is 10.1. The maximum atomic E-state index is 11.9. The zero-order valence-electron chi connectivity index (χ0n) is 13.6. The molecule has 0 aliphatic carbocycles. The smallest absolute Gasteiger partial charge is 0.408 e. The summed E-state index contributed by atoms with van der Waals surface area (Å²) in [5, 5.41) is 13.1. The van der Waals surface area contributed by atoms with Crippen LogP contribution in [0.1, 0.15) is 39.3 Å². The van der Waals surface area contributed by atoms with E-state index in [9.17, 15) is 9.90 Å². The summed E-state index contributed by atoms with van der Waals surface area (Å²) in [6, 6.07) is 7.79. The van der Waals surface area contributed by atoms with E-state index in [1.807, 2.05) is 62.7 Å². The van der Waals surface area contributed by atoms with Crippen LogP contribution in [0, 0.1) is 0 Å². The highest BCUT2D eigenvalue weighted by Gasteiger charge is 2.20. The van der Waals surface area contributed by atoms with Crippen LogP contribution in [0.4, 0.5) is 4.79 Å². The van der Waals surface area contributed by atoms with Gasteiger partial charge >= 0.3 is 6.09 Å². The van der Waals surface area contributed by atoms with Gasteiger partial charge in [0.15, 0.2) is 0 Å². The summed E-state index contributed by atoms with van der Waals surface area (Å²) in [6.45, 7) is 8.04. The van der Waals surface area contributed by atoms with E-state index in [0.717, 1.165) is 16.5 Å².